The first kappa shape index (κ1) is 15.3. The zero-order valence-electron chi connectivity index (χ0n) is 11.8. The van der Waals surface area contributed by atoms with Gasteiger partial charge in [-0.05, 0) is 19.9 Å². The van der Waals surface area contributed by atoms with Crippen LogP contribution >= 0.6 is 0 Å². The quantitative estimate of drug-likeness (QED) is 0.724. The highest BCUT2D eigenvalue weighted by atomic mass is 32.2. The average molecular weight is 311 g/mol. The minimum Gasteiger partial charge on any atom is -0.478 e. The summed E-state index contributed by atoms with van der Waals surface area (Å²) in [5.41, 5.74) is 6.97. The second kappa shape index (κ2) is 6.10. The lowest BCUT2D eigenvalue weighted by Crippen LogP contribution is -2.16. The lowest BCUT2D eigenvalue weighted by atomic mass is 10.3. The molecule has 2 aromatic rings. The van der Waals surface area contributed by atoms with Crippen molar-refractivity contribution in [2.24, 2.45) is 5.73 Å². The number of aromatic nitrogens is 3. The average Bonchev–Trinajstić information content (AvgIpc) is 2.83. The zero-order valence-corrected chi connectivity index (χ0v) is 12.6. The van der Waals surface area contributed by atoms with Crippen molar-refractivity contribution in [2.75, 3.05) is 11.3 Å². The van der Waals surface area contributed by atoms with Gasteiger partial charge in [-0.1, -0.05) is 0 Å². The van der Waals surface area contributed by atoms with E-state index in [0.29, 0.717) is 29.4 Å². The van der Waals surface area contributed by atoms with Crippen LogP contribution in [0.25, 0.3) is 0 Å². The third-order valence-electron chi connectivity index (χ3n) is 2.78. The Hall–Kier alpha value is -2.13. The van der Waals surface area contributed by atoms with Crippen LogP contribution in [0.3, 0.4) is 0 Å². The summed E-state index contributed by atoms with van der Waals surface area (Å²) in [5.74, 6) is 0.429. The molecular formula is C12H17N5O3S. The predicted octanol–water partition coefficient (Wildman–Crippen LogP) is 0.771. The normalized spacial score (nSPS) is 11.4. The van der Waals surface area contributed by atoms with E-state index < -0.39 is 10.0 Å². The Balaban J connectivity index is 2.24. The number of nitrogens with one attached hydrogen (secondary N) is 2. The van der Waals surface area contributed by atoms with Crippen molar-refractivity contribution >= 4 is 15.7 Å². The summed E-state index contributed by atoms with van der Waals surface area (Å²) in [7, 11) is -3.81. The summed E-state index contributed by atoms with van der Waals surface area (Å²) < 4.78 is 32.2. The number of pyridine rings is 1. The van der Waals surface area contributed by atoms with E-state index in [9.17, 15) is 8.42 Å². The van der Waals surface area contributed by atoms with Crippen molar-refractivity contribution in [3.05, 3.63) is 29.6 Å². The van der Waals surface area contributed by atoms with Gasteiger partial charge in [-0.25, -0.2) is 4.98 Å². The van der Waals surface area contributed by atoms with E-state index in [2.05, 4.69) is 19.9 Å². The van der Waals surface area contributed by atoms with E-state index in [-0.39, 0.29) is 11.6 Å². The molecule has 0 fully saturated rings. The highest BCUT2D eigenvalue weighted by Gasteiger charge is 2.23. The van der Waals surface area contributed by atoms with Gasteiger partial charge in [0.1, 0.15) is 0 Å². The van der Waals surface area contributed by atoms with Gasteiger partial charge in [0.15, 0.2) is 0 Å². The van der Waals surface area contributed by atoms with Gasteiger partial charge in [0.2, 0.25) is 10.9 Å². The summed E-state index contributed by atoms with van der Waals surface area (Å²) in [5, 5.41) is 6.32. The number of hydrogen-bond acceptors (Lipinski definition) is 6. The van der Waals surface area contributed by atoms with Crippen molar-refractivity contribution in [3.8, 4) is 5.88 Å². The third-order valence-corrected chi connectivity index (χ3v) is 4.13. The van der Waals surface area contributed by atoms with Gasteiger partial charge in [-0.2, -0.15) is 13.5 Å². The summed E-state index contributed by atoms with van der Waals surface area (Å²) in [6, 6.07) is 3.15. The van der Waals surface area contributed by atoms with Gasteiger partial charge in [-0.3, -0.25) is 9.82 Å². The topological polar surface area (TPSA) is 123 Å². The number of hydrogen-bond donors (Lipinski definition) is 3. The molecular weight excluding hydrogens is 294 g/mol. The molecule has 2 heterocycles. The molecule has 9 heteroatoms. The van der Waals surface area contributed by atoms with E-state index in [0.717, 1.165) is 0 Å². The molecule has 4 N–H and O–H groups in total. The predicted molar refractivity (Wildman–Crippen MR) is 77.4 cm³/mol. The molecule has 0 saturated heterocycles. The van der Waals surface area contributed by atoms with Crippen LogP contribution in [0.4, 0.5) is 5.69 Å². The Morgan fingerprint density at radius 2 is 2.19 bits per heavy atom. The van der Waals surface area contributed by atoms with Crippen molar-refractivity contribution in [1.29, 1.82) is 0 Å². The number of ether oxygens (including phenoxy) is 1. The molecule has 0 spiro atoms. The summed E-state index contributed by atoms with van der Waals surface area (Å²) in [6.45, 7) is 4.13. The van der Waals surface area contributed by atoms with E-state index >= 15 is 0 Å². The lowest BCUT2D eigenvalue weighted by molar-refractivity contribution is 0.327. The number of aryl methyl sites for hydroxylation is 1. The molecule has 2 aromatic heterocycles. The molecule has 0 saturated carbocycles. The first-order valence-corrected chi connectivity index (χ1v) is 7.81. The molecule has 0 aliphatic carbocycles. The van der Waals surface area contributed by atoms with Crippen molar-refractivity contribution in [2.45, 2.75) is 25.4 Å². The summed E-state index contributed by atoms with van der Waals surface area (Å²) >= 11 is 0. The number of sulfonamides is 1. The van der Waals surface area contributed by atoms with Crippen molar-refractivity contribution < 1.29 is 13.2 Å². The van der Waals surface area contributed by atoms with Crippen LogP contribution in [0.15, 0.2) is 23.4 Å². The van der Waals surface area contributed by atoms with E-state index in [1.807, 2.05) is 6.92 Å². The summed E-state index contributed by atoms with van der Waals surface area (Å²) in [6.07, 6.45) is 1.38. The number of H-pyrrole nitrogens is 1. The fourth-order valence-electron chi connectivity index (χ4n) is 1.77. The van der Waals surface area contributed by atoms with Crippen molar-refractivity contribution in [3.63, 3.8) is 0 Å². The second-order valence-electron chi connectivity index (χ2n) is 4.26. The number of nitrogens with zero attached hydrogens (tertiary/aromatic N) is 2. The Bertz CT molecular complexity index is 709. The van der Waals surface area contributed by atoms with Gasteiger partial charge in [0.05, 0.1) is 18.5 Å². The fourth-order valence-corrected chi connectivity index (χ4v) is 3.02. The van der Waals surface area contributed by atoms with Crippen LogP contribution in [0.2, 0.25) is 0 Å². The molecule has 0 radical (unpaired) electrons. The smallest absolute Gasteiger partial charge is 0.281 e. The molecule has 21 heavy (non-hydrogen) atoms. The van der Waals surface area contributed by atoms with E-state index in [1.165, 1.54) is 6.20 Å². The first-order valence-electron chi connectivity index (χ1n) is 6.33. The van der Waals surface area contributed by atoms with E-state index in [1.54, 1.807) is 19.1 Å². The Morgan fingerprint density at radius 3 is 2.76 bits per heavy atom. The molecule has 0 bridgehead atoms. The molecule has 0 aliphatic rings. The molecule has 2 rings (SSSR count). The molecule has 0 aromatic carbocycles. The minimum atomic E-state index is -3.81. The number of rotatable bonds is 6. The maximum Gasteiger partial charge on any atom is 0.281 e. The van der Waals surface area contributed by atoms with Crippen LogP contribution in [0.5, 0.6) is 5.88 Å². The Morgan fingerprint density at radius 1 is 1.43 bits per heavy atom. The van der Waals surface area contributed by atoms with Crippen LogP contribution < -0.4 is 15.2 Å². The van der Waals surface area contributed by atoms with Crippen molar-refractivity contribution in [1.82, 2.24) is 15.2 Å². The standard InChI is InChI=1S/C12H17N5O3S/c1-3-20-11-5-4-9(7-14-11)17-21(18,19)12-10(6-13)8(2)15-16-12/h4-5,7,17H,3,6,13H2,1-2H3,(H,15,16). The maximum atomic E-state index is 12.3. The Kier molecular flexibility index (Phi) is 4.43. The SMILES string of the molecule is CCOc1ccc(NS(=O)(=O)c2n[nH]c(C)c2CN)cn1. The minimum absolute atomic E-state index is 0.0834. The van der Waals surface area contributed by atoms with E-state index in [4.69, 9.17) is 10.5 Å². The molecule has 114 valence electrons. The molecule has 8 nitrogen and oxygen atoms in total. The van der Waals surface area contributed by atoms with Gasteiger partial charge in [0, 0.05) is 23.9 Å². The Labute approximate surface area is 122 Å². The van der Waals surface area contributed by atoms with Crippen LogP contribution in [0.1, 0.15) is 18.2 Å². The lowest BCUT2D eigenvalue weighted by Gasteiger charge is -2.08. The van der Waals surface area contributed by atoms with Crippen LogP contribution in [-0.2, 0) is 16.6 Å². The largest absolute Gasteiger partial charge is 0.478 e. The maximum absolute atomic E-state index is 12.3. The first-order chi connectivity index (χ1) is 9.97. The highest BCUT2D eigenvalue weighted by molar-refractivity contribution is 7.92. The second-order valence-corrected chi connectivity index (χ2v) is 5.86. The zero-order chi connectivity index (χ0) is 15.5. The highest BCUT2D eigenvalue weighted by Crippen LogP contribution is 2.20. The molecule has 0 amide bonds. The fraction of sp³-hybridized carbons (Fsp3) is 0.333. The summed E-state index contributed by atoms with van der Waals surface area (Å²) in [4.78, 5) is 3.99. The third kappa shape index (κ3) is 3.31. The number of aromatic amines is 1. The molecule has 0 atom stereocenters. The van der Waals surface area contributed by atoms with Gasteiger partial charge >= 0.3 is 0 Å². The monoisotopic (exact) mass is 311 g/mol. The van der Waals surface area contributed by atoms with Gasteiger partial charge in [0.25, 0.3) is 10.0 Å². The number of nitrogens with two attached hydrogens (primary N) is 1. The molecule has 0 unspecified atom stereocenters. The van der Waals surface area contributed by atoms with Crippen LogP contribution in [0, 0.1) is 6.92 Å². The number of anilines is 1. The van der Waals surface area contributed by atoms with Gasteiger partial charge < -0.3 is 10.5 Å². The van der Waals surface area contributed by atoms with Crippen LogP contribution in [-0.4, -0.2) is 30.2 Å². The van der Waals surface area contributed by atoms with Gasteiger partial charge in [-0.15, -0.1) is 0 Å². The molecule has 0 aliphatic heterocycles.